The Morgan fingerprint density at radius 1 is 0.833 bits per heavy atom. The molecule has 0 saturated heterocycles. The smallest absolute Gasteiger partial charge is 0.0227 e. The van der Waals surface area contributed by atoms with Crippen LogP contribution in [0.2, 0.25) is 0 Å². The van der Waals surface area contributed by atoms with Crippen LogP contribution in [0, 0.1) is 0 Å². The van der Waals surface area contributed by atoms with Crippen LogP contribution in [-0.2, 0) is 0 Å². The van der Waals surface area contributed by atoms with Crippen LogP contribution in [0.5, 0.6) is 0 Å². The molecule has 0 aliphatic rings. The van der Waals surface area contributed by atoms with Crippen molar-refractivity contribution in [3.63, 3.8) is 0 Å². The van der Waals surface area contributed by atoms with Gasteiger partial charge in [-0.2, -0.15) is 0 Å². The van der Waals surface area contributed by atoms with Gasteiger partial charge in [-0.3, -0.25) is 0 Å². The zero-order valence-electron chi connectivity index (χ0n) is 8.58. The standard InChI is InChI=1S/C10H20Br2/c1-5-9(3,11)7-8-10(4,12)6-2/h5-8H2,1-4H3. The van der Waals surface area contributed by atoms with Gasteiger partial charge in [-0.05, 0) is 39.5 Å². The molecule has 0 fully saturated rings. The summed E-state index contributed by atoms with van der Waals surface area (Å²) in [5.74, 6) is 0. The maximum absolute atomic E-state index is 3.74. The Balaban J connectivity index is 3.82. The molecule has 0 rings (SSSR count). The van der Waals surface area contributed by atoms with Gasteiger partial charge in [0.2, 0.25) is 0 Å². The Kier molecular flexibility index (Phi) is 5.39. The van der Waals surface area contributed by atoms with Gasteiger partial charge >= 0.3 is 0 Å². The third kappa shape index (κ3) is 5.58. The summed E-state index contributed by atoms with van der Waals surface area (Å²) in [4.78, 5) is 0. The van der Waals surface area contributed by atoms with Crippen LogP contribution in [-0.4, -0.2) is 8.65 Å². The number of alkyl halides is 2. The highest BCUT2D eigenvalue weighted by molar-refractivity contribution is 9.10. The molecule has 2 unspecified atom stereocenters. The molecule has 0 spiro atoms. The third-order valence-corrected chi connectivity index (χ3v) is 4.56. The van der Waals surface area contributed by atoms with E-state index in [1.165, 1.54) is 25.7 Å². The maximum atomic E-state index is 3.74. The first-order valence-corrected chi connectivity index (χ1v) is 6.29. The normalized spacial score (nSPS) is 21.5. The lowest BCUT2D eigenvalue weighted by Gasteiger charge is -2.26. The van der Waals surface area contributed by atoms with Crippen LogP contribution in [0.1, 0.15) is 53.4 Å². The van der Waals surface area contributed by atoms with E-state index in [9.17, 15) is 0 Å². The molecule has 74 valence electrons. The quantitative estimate of drug-likeness (QED) is 0.634. The van der Waals surface area contributed by atoms with Crippen molar-refractivity contribution < 1.29 is 0 Å². The predicted octanol–water partition coefficient (Wildman–Crippen LogP) is 4.89. The lowest BCUT2D eigenvalue weighted by molar-refractivity contribution is 0.484. The maximum Gasteiger partial charge on any atom is 0.0227 e. The molecule has 0 radical (unpaired) electrons. The van der Waals surface area contributed by atoms with E-state index in [1.54, 1.807) is 0 Å². The van der Waals surface area contributed by atoms with E-state index in [4.69, 9.17) is 0 Å². The lowest BCUT2D eigenvalue weighted by Crippen LogP contribution is -2.21. The van der Waals surface area contributed by atoms with Gasteiger partial charge in [0.25, 0.3) is 0 Å². The summed E-state index contributed by atoms with van der Waals surface area (Å²) in [5, 5.41) is 0. The molecule has 0 aromatic carbocycles. The molecule has 0 aliphatic carbocycles. The van der Waals surface area contributed by atoms with Crippen molar-refractivity contribution in [3.05, 3.63) is 0 Å². The van der Waals surface area contributed by atoms with Gasteiger partial charge in [-0.1, -0.05) is 45.7 Å². The summed E-state index contributed by atoms with van der Waals surface area (Å²) in [6.07, 6.45) is 4.86. The highest BCUT2D eigenvalue weighted by Crippen LogP contribution is 2.34. The Hall–Kier alpha value is 0.960. The molecular formula is C10H20Br2. The van der Waals surface area contributed by atoms with Crippen LogP contribution in [0.3, 0.4) is 0 Å². The van der Waals surface area contributed by atoms with Crippen LogP contribution >= 0.6 is 31.9 Å². The number of hydrogen-bond acceptors (Lipinski definition) is 0. The highest BCUT2D eigenvalue weighted by Gasteiger charge is 2.24. The Morgan fingerprint density at radius 2 is 1.08 bits per heavy atom. The molecule has 12 heavy (non-hydrogen) atoms. The van der Waals surface area contributed by atoms with Crippen LogP contribution in [0.15, 0.2) is 0 Å². The van der Waals surface area contributed by atoms with E-state index in [0.717, 1.165) is 0 Å². The first-order chi connectivity index (χ1) is 5.33. The van der Waals surface area contributed by atoms with Crippen molar-refractivity contribution >= 4 is 31.9 Å². The average molecular weight is 300 g/mol. The zero-order valence-corrected chi connectivity index (χ0v) is 11.8. The first-order valence-electron chi connectivity index (χ1n) is 4.71. The SMILES string of the molecule is CCC(C)(Br)CCC(C)(Br)CC. The van der Waals surface area contributed by atoms with E-state index < -0.39 is 0 Å². The van der Waals surface area contributed by atoms with Gasteiger partial charge in [0, 0.05) is 8.65 Å². The minimum atomic E-state index is 0.331. The second kappa shape index (κ2) is 4.99. The minimum absolute atomic E-state index is 0.331. The molecule has 0 saturated carbocycles. The largest absolute Gasteiger partial charge is 0.0856 e. The lowest BCUT2D eigenvalue weighted by atomic mass is 9.95. The molecule has 0 N–H and O–H groups in total. The summed E-state index contributed by atoms with van der Waals surface area (Å²) < 4.78 is 0.661. The summed E-state index contributed by atoms with van der Waals surface area (Å²) in [6, 6.07) is 0. The van der Waals surface area contributed by atoms with Gasteiger partial charge < -0.3 is 0 Å². The van der Waals surface area contributed by atoms with Gasteiger partial charge in [-0.15, -0.1) is 0 Å². The van der Waals surface area contributed by atoms with Gasteiger partial charge in [-0.25, -0.2) is 0 Å². The summed E-state index contributed by atoms with van der Waals surface area (Å²) in [6.45, 7) is 9.00. The minimum Gasteiger partial charge on any atom is -0.0856 e. The second-order valence-corrected chi connectivity index (χ2v) is 7.86. The van der Waals surface area contributed by atoms with Crippen LogP contribution < -0.4 is 0 Å². The summed E-state index contributed by atoms with van der Waals surface area (Å²) in [7, 11) is 0. The highest BCUT2D eigenvalue weighted by atomic mass is 79.9. The zero-order chi connectivity index (χ0) is 9.83. The Morgan fingerprint density at radius 3 is 1.25 bits per heavy atom. The number of hydrogen-bond donors (Lipinski definition) is 0. The van der Waals surface area contributed by atoms with E-state index in [0.29, 0.717) is 8.65 Å². The molecule has 0 aromatic heterocycles. The van der Waals surface area contributed by atoms with Gasteiger partial charge in [0.15, 0.2) is 0 Å². The van der Waals surface area contributed by atoms with Crippen molar-refractivity contribution in [2.24, 2.45) is 0 Å². The molecule has 0 nitrogen and oxygen atoms in total. The summed E-state index contributed by atoms with van der Waals surface area (Å²) >= 11 is 7.48. The van der Waals surface area contributed by atoms with E-state index in [2.05, 4.69) is 59.6 Å². The molecule has 0 aliphatic heterocycles. The van der Waals surface area contributed by atoms with E-state index in [1.807, 2.05) is 0 Å². The molecule has 0 aromatic rings. The van der Waals surface area contributed by atoms with Crippen molar-refractivity contribution in [1.82, 2.24) is 0 Å². The number of rotatable bonds is 5. The average Bonchev–Trinajstić information content (AvgIpc) is 2.02. The third-order valence-electron chi connectivity index (χ3n) is 2.64. The molecule has 2 atom stereocenters. The molecule has 2 heteroatoms. The van der Waals surface area contributed by atoms with Crippen molar-refractivity contribution in [2.75, 3.05) is 0 Å². The second-order valence-electron chi connectivity index (χ2n) is 4.03. The van der Waals surface area contributed by atoms with E-state index >= 15 is 0 Å². The van der Waals surface area contributed by atoms with Gasteiger partial charge in [0.05, 0.1) is 0 Å². The molecule has 0 bridgehead atoms. The van der Waals surface area contributed by atoms with E-state index in [-0.39, 0.29) is 0 Å². The topological polar surface area (TPSA) is 0 Å². The fourth-order valence-corrected chi connectivity index (χ4v) is 1.27. The molecule has 0 amide bonds. The first kappa shape index (κ1) is 13.0. The van der Waals surface area contributed by atoms with Crippen LogP contribution in [0.4, 0.5) is 0 Å². The fourth-order valence-electron chi connectivity index (χ4n) is 0.875. The van der Waals surface area contributed by atoms with Crippen molar-refractivity contribution in [3.8, 4) is 0 Å². The van der Waals surface area contributed by atoms with Crippen LogP contribution in [0.25, 0.3) is 0 Å². The van der Waals surface area contributed by atoms with Crippen molar-refractivity contribution in [1.29, 1.82) is 0 Å². The number of halogens is 2. The van der Waals surface area contributed by atoms with Gasteiger partial charge in [0.1, 0.15) is 0 Å². The predicted molar refractivity (Wildman–Crippen MR) is 64.5 cm³/mol. The Labute approximate surface area is 93.8 Å². The monoisotopic (exact) mass is 298 g/mol. The molecule has 0 heterocycles. The fraction of sp³-hybridized carbons (Fsp3) is 1.00. The van der Waals surface area contributed by atoms with Crippen molar-refractivity contribution in [2.45, 2.75) is 62.0 Å². The Bertz CT molecular complexity index is 112. The molecular weight excluding hydrogens is 280 g/mol. The summed E-state index contributed by atoms with van der Waals surface area (Å²) in [5.41, 5.74) is 0.